The van der Waals surface area contributed by atoms with Gasteiger partial charge in [-0.15, -0.1) is 11.8 Å². The molecule has 1 fully saturated rings. The van der Waals surface area contributed by atoms with Gasteiger partial charge in [-0.3, -0.25) is 24.6 Å². The van der Waals surface area contributed by atoms with E-state index in [0.29, 0.717) is 18.7 Å². The Bertz CT molecular complexity index is 1500. The van der Waals surface area contributed by atoms with E-state index in [-0.39, 0.29) is 23.7 Å². The van der Waals surface area contributed by atoms with Crippen LogP contribution in [-0.4, -0.2) is 61.3 Å². The number of fused-ring (bicyclic) bond motifs is 1. The average molecular weight is 573 g/mol. The molecule has 2 heterocycles. The Labute approximate surface area is 240 Å². The largest absolute Gasteiger partial charge is 0.477 e. The molecule has 0 aliphatic carbocycles. The summed E-state index contributed by atoms with van der Waals surface area (Å²) in [6, 6.07) is 24.0. The summed E-state index contributed by atoms with van der Waals surface area (Å²) >= 11 is 1.41. The summed E-state index contributed by atoms with van der Waals surface area (Å²) in [5, 5.41) is 23.3. The van der Waals surface area contributed by atoms with Gasteiger partial charge in [-0.25, -0.2) is 4.79 Å². The Morgan fingerprint density at radius 3 is 2.17 bits per heavy atom. The number of hydrogen-bond acceptors (Lipinski definition) is 7. The maximum Gasteiger partial charge on any atom is 0.354 e. The molecular formula is C30H28N4O6S. The molecule has 0 bridgehead atoms. The van der Waals surface area contributed by atoms with Gasteiger partial charge in [0.15, 0.2) is 5.70 Å². The van der Waals surface area contributed by atoms with Gasteiger partial charge in [0.2, 0.25) is 5.91 Å². The van der Waals surface area contributed by atoms with Gasteiger partial charge in [-0.1, -0.05) is 72.8 Å². The second kappa shape index (κ2) is 11.8. The third-order valence-corrected chi connectivity index (χ3v) is 8.58. The fourth-order valence-corrected chi connectivity index (χ4v) is 6.90. The fourth-order valence-electron chi connectivity index (χ4n) is 5.18. The smallest absolute Gasteiger partial charge is 0.354 e. The van der Waals surface area contributed by atoms with Crippen molar-refractivity contribution in [1.82, 2.24) is 15.1 Å². The van der Waals surface area contributed by atoms with Crippen LogP contribution in [0.3, 0.4) is 0 Å². The van der Waals surface area contributed by atoms with Crippen LogP contribution in [0.15, 0.2) is 96.3 Å². The first kappa shape index (κ1) is 27.9. The van der Waals surface area contributed by atoms with E-state index in [9.17, 15) is 29.6 Å². The molecule has 2 amide bonds. The van der Waals surface area contributed by atoms with E-state index in [0.717, 1.165) is 16.7 Å². The topological polar surface area (TPSA) is 133 Å². The lowest BCUT2D eigenvalue weighted by atomic mass is 9.99. The second-order valence-corrected chi connectivity index (χ2v) is 11.3. The van der Waals surface area contributed by atoms with Crippen molar-refractivity contribution in [3.8, 4) is 0 Å². The third kappa shape index (κ3) is 5.94. The predicted molar refractivity (Wildman–Crippen MR) is 153 cm³/mol. The minimum atomic E-state index is -1.23. The maximum atomic E-state index is 13.3. The Morgan fingerprint density at radius 1 is 0.976 bits per heavy atom. The number of amides is 2. The third-order valence-electron chi connectivity index (χ3n) is 7.10. The van der Waals surface area contributed by atoms with Gasteiger partial charge in [-0.05, 0) is 23.1 Å². The molecule has 0 aromatic heterocycles. The molecule has 2 unspecified atom stereocenters. The minimum absolute atomic E-state index is 0.0369. The van der Waals surface area contributed by atoms with Crippen molar-refractivity contribution in [3.63, 3.8) is 0 Å². The van der Waals surface area contributed by atoms with Gasteiger partial charge in [0.05, 0.1) is 22.3 Å². The number of benzene rings is 3. The molecule has 41 heavy (non-hydrogen) atoms. The van der Waals surface area contributed by atoms with Crippen LogP contribution >= 0.6 is 11.8 Å². The number of nitro benzene ring substituents is 1. The van der Waals surface area contributed by atoms with Crippen molar-refractivity contribution in [2.24, 2.45) is 0 Å². The highest BCUT2D eigenvalue weighted by molar-refractivity contribution is 8.00. The summed E-state index contributed by atoms with van der Waals surface area (Å²) in [5.41, 5.74) is 2.88. The molecule has 0 saturated carbocycles. The van der Waals surface area contributed by atoms with Crippen LogP contribution in [0.5, 0.6) is 0 Å². The zero-order valence-electron chi connectivity index (χ0n) is 22.2. The number of β-lactam (4-membered cyclic amide) rings is 1. The highest BCUT2D eigenvalue weighted by Crippen LogP contribution is 2.46. The molecule has 5 rings (SSSR count). The first-order chi connectivity index (χ1) is 19.7. The van der Waals surface area contributed by atoms with E-state index in [1.54, 1.807) is 19.2 Å². The van der Waals surface area contributed by atoms with E-state index in [1.807, 2.05) is 65.6 Å². The van der Waals surface area contributed by atoms with Crippen molar-refractivity contribution in [1.29, 1.82) is 0 Å². The van der Waals surface area contributed by atoms with Crippen LogP contribution in [0.4, 0.5) is 5.69 Å². The zero-order chi connectivity index (χ0) is 29.1. The van der Waals surface area contributed by atoms with Gasteiger partial charge in [0, 0.05) is 25.7 Å². The molecule has 0 radical (unpaired) electrons. The van der Waals surface area contributed by atoms with Crippen molar-refractivity contribution in [2.45, 2.75) is 36.1 Å². The highest BCUT2D eigenvalue weighted by atomic mass is 32.2. The first-order valence-electron chi connectivity index (χ1n) is 13.0. The van der Waals surface area contributed by atoms with Crippen LogP contribution in [0.2, 0.25) is 0 Å². The summed E-state index contributed by atoms with van der Waals surface area (Å²) in [6.45, 7) is 0.411. The Balaban J connectivity index is 1.45. The number of rotatable bonds is 10. The van der Waals surface area contributed by atoms with Crippen molar-refractivity contribution < 1.29 is 24.4 Å². The maximum absolute atomic E-state index is 13.3. The number of carbonyl (C=O) groups is 3. The van der Waals surface area contributed by atoms with Crippen LogP contribution in [0, 0.1) is 10.1 Å². The molecule has 210 valence electrons. The zero-order valence-corrected chi connectivity index (χ0v) is 23.0. The average Bonchev–Trinajstić information content (AvgIpc) is 2.96. The van der Waals surface area contributed by atoms with Gasteiger partial charge < -0.3 is 15.3 Å². The SMILES string of the molecule is CN(Cc1ccccc1)C1=C(C(=O)O)N2C(=O)C(NC(=O)Cc3ccccc3)[C@H]2SC1Cc1ccc([N+](=O)[O-])cc1. The molecule has 2 aliphatic heterocycles. The number of hydrogen-bond donors (Lipinski definition) is 2. The Kier molecular flexibility index (Phi) is 8.06. The normalized spacial score (nSPS) is 19.7. The van der Waals surface area contributed by atoms with E-state index < -0.39 is 33.5 Å². The van der Waals surface area contributed by atoms with E-state index in [4.69, 9.17) is 0 Å². The number of carbonyl (C=O) groups excluding carboxylic acids is 2. The molecule has 11 heteroatoms. The second-order valence-electron chi connectivity index (χ2n) is 9.94. The van der Waals surface area contributed by atoms with Gasteiger partial charge in [0.1, 0.15) is 11.4 Å². The van der Waals surface area contributed by atoms with Crippen LogP contribution in [0.25, 0.3) is 0 Å². The predicted octanol–water partition coefficient (Wildman–Crippen LogP) is 3.58. The number of nitrogens with one attached hydrogen (secondary N) is 1. The van der Waals surface area contributed by atoms with Gasteiger partial charge >= 0.3 is 5.97 Å². The standard InChI is InChI=1S/C30H28N4O6S/c1-32(18-21-10-6-3-7-11-21)26-23(16-20-12-14-22(15-13-20)34(39)40)41-29-25(28(36)33(29)27(26)30(37)38)31-24(35)17-19-8-4-2-5-9-19/h2-15,23,25,29H,16-18H2,1H3,(H,31,35)(H,37,38)/t23?,25?,29-/m1/s1. The Hall–Kier alpha value is -4.64. The van der Waals surface area contributed by atoms with Crippen molar-refractivity contribution >= 4 is 35.2 Å². The highest BCUT2D eigenvalue weighted by Gasteiger charge is 2.56. The summed E-state index contributed by atoms with van der Waals surface area (Å²) in [7, 11) is 1.79. The van der Waals surface area contributed by atoms with Crippen LogP contribution in [0.1, 0.15) is 16.7 Å². The number of nitro groups is 1. The minimum Gasteiger partial charge on any atom is -0.477 e. The molecule has 10 nitrogen and oxygen atoms in total. The quantitative estimate of drug-likeness (QED) is 0.214. The number of carboxylic acid groups (broad SMARTS) is 1. The van der Waals surface area contributed by atoms with Crippen LogP contribution < -0.4 is 5.32 Å². The number of carboxylic acids is 1. The van der Waals surface area contributed by atoms with E-state index in [2.05, 4.69) is 5.32 Å². The molecule has 0 spiro atoms. The fraction of sp³-hybridized carbons (Fsp3) is 0.233. The molecule has 3 aromatic rings. The summed E-state index contributed by atoms with van der Waals surface area (Å²) in [6.07, 6.45) is 0.470. The summed E-state index contributed by atoms with van der Waals surface area (Å²) in [4.78, 5) is 52.6. The lowest BCUT2D eigenvalue weighted by Crippen LogP contribution is -2.71. The van der Waals surface area contributed by atoms with E-state index >= 15 is 0 Å². The van der Waals surface area contributed by atoms with Crippen LogP contribution in [-0.2, 0) is 33.8 Å². The lowest BCUT2D eigenvalue weighted by molar-refractivity contribution is -0.384. The molecule has 2 N–H and O–H groups in total. The number of thioether (sulfide) groups is 1. The summed E-state index contributed by atoms with van der Waals surface area (Å²) in [5.74, 6) is -2.03. The van der Waals surface area contributed by atoms with Gasteiger partial charge in [-0.2, -0.15) is 0 Å². The summed E-state index contributed by atoms with van der Waals surface area (Å²) < 4.78 is 0. The monoisotopic (exact) mass is 572 g/mol. The number of nitrogens with zero attached hydrogens (tertiary/aromatic N) is 3. The van der Waals surface area contributed by atoms with Crippen molar-refractivity contribution in [2.75, 3.05) is 7.05 Å². The molecular weight excluding hydrogens is 544 g/mol. The van der Waals surface area contributed by atoms with Gasteiger partial charge in [0.25, 0.3) is 11.6 Å². The number of non-ortho nitro benzene ring substituents is 1. The molecule has 3 aromatic carbocycles. The Morgan fingerprint density at radius 2 is 1.59 bits per heavy atom. The molecule has 3 atom stereocenters. The number of aliphatic carboxylic acids is 1. The van der Waals surface area contributed by atoms with E-state index in [1.165, 1.54) is 28.8 Å². The first-order valence-corrected chi connectivity index (χ1v) is 13.9. The molecule has 2 aliphatic rings. The lowest BCUT2D eigenvalue weighted by Gasteiger charge is -2.52. The van der Waals surface area contributed by atoms with Crippen molar-refractivity contribution in [3.05, 3.63) is 123 Å². The molecule has 1 saturated heterocycles.